The predicted octanol–water partition coefficient (Wildman–Crippen LogP) is 2.20. The number of aromatic carboxylic acids is 1. The fourth-order valence-electron chi connectivity index (χ4n) is 1.92. The van der Waals surface area contributed by atoms with Crippen LogP contribution >= 0.6 is 0 Å². The highest BCUT2D eigenvalue weighted by atomic mass is 32.2. The van der Waals surface area contributed by atoms with E-state index < -0.39 is 16.0 Å². The number of hydrogen-bond acceptors (Lipinski definition) is 5. The average Bonchev–Trinajstić information content (AvgIpc) is 2.53. The van der Waals surface area contributed by atoms with Gasteiger partial charge >= 0.3 is 5.97 Å². The summed E-state index contributed by atoms with van der Waals surface area (Å²) in [6.07, 6.45) is 0. The van der Waals surface area contributed by atoms with Gasteiger partial charge in [0.2, 0.25) is 0 Å². The SMILES string of the molecule is COc1ccc(S(=O)(=O)Nc2cccc(C(=O)O)c2)c(OC)c1. The lowest BCUT2D eigenvalue weighted by molar-refractivity contribution is 0.0697. The van der Waals surface area contributed by atoms with Gasteiger partial charge < -0.3 is 14.6 Å². The van der Waals surface area contributed by atoms with E-state index in [9.17, 15) is 13.2 Å². The van der Waals surface area contributed by atoms with E-state index in [1.54, 1.807) is 0 Å². The number of nitrogens with one attached hydrogen (secondary N) is 1. The maximum absolute atomic E-state index is 12.5. The van der Waals surface area contributed by atoms with E-state index >= 15 is 0 Å². The number of carboxylic acids is 1. The fraction of sp³-hybridized carbons (Fsp3) is 0.133. The monoisotopic (exact) mass is 337 g/mol. The molecular formula is C15H15NO6S. The van der Waals surface area contributed by atoms with Crippen LogP contribution in [0.3, 0.4) is 0 Å². The van der Waals surface area contributed by atoms with Gasteiger partial charge in [0.1, 0.15) is 16.4 Å². The van der Waals surface area contributed by atoms with Crippen LogP contribution in [0.15, 0.2) is 47.4 Å². The third kappa shape index (κ3) is 3.72. The number of anilines is 1. The number of methoxy groups -OCH3 is 2. The molecule has 0 unspecified atom stereocenters. The number of sulfonamides is 1. The van der Waals surface area contributed by atoms with Crippen LogP contribution in [-0.4, -0.2) is 33.7 Å². The molecule has 2 rings (SSSR count). The van der Waals surface area contributed by atoms with Crippen molar-refractivity contribution in [3.05, 3.63) is 48.0 Å². The van der Waals surface area contributed by atoms with E-state index in [-0.39, 0.29) is 21.9 Å². The molecule has 8 heteroatoms. The summed E-state index contributed by atoms with van der Waals surface area (Å²) in [6, 6.07) is 9.80. The first-order chi connectivity index (χ1) is 10.9. The van der Waals surface area contributed by atoms with Crippen LogP contribution in [0.5, 0.6) is 11.5 Å². The molecule has 0 saturated heterocycles. The standard InChI is InChI=1S/C15H15NO6S/c1-21-12-6-7-14(13(9-12)22-2)23(19,20)16-11-5-3-4-10(8-11)15(17)18/h3-9,16H,1-2H3,(H,17,18). The average molecular weight is 337 g/mol. The van der Waals surface area contributed by atoms with E-state index in [1.807, 2.05) is 0 Å². The van der Waals surface area contributed by atoms with E-state index in [0.29, 0.717) is 5.75 Å². The summed E-state index contributed by atoms with van der Waals surface area (Å²) in [5, 5.41) is 8.95. The first-order valence-corrected chi connectivity index (χ1v) is 7.94. The number of benzene rings is 2. The van der Waals surface area contributed by atoms with Gasteiger partial charge in [-0.05, 0) is 30.3 Å². The van der Waals surface area contributed by atoms with Crippen molar-refractivity contribution in [2.45, 2.75) is 4.90 Å². The normalized spacial score (nSPS) is 10.9. The highest BCUT2D eigenvalue weighted by Crippen LogP contribution is 2.29. The molecule has 0 radical (unpaired) electrons. The molecule has 0 amide bonds. The first-order valence-electron chi connectivity index (χ1n) is 6.45. The van der Waals surface area contributed by atoms with Gasteiger partial charge in [0.25, 0.3) is 10.0 Å². The summed E-state index contributed by atoms with van der Waals surface area (Å²) >= 11 is 0. The quantitative estimate of drug-likeness (QED) is 0.838. The van der Waals surface area contributed by atoms with Gasteiger partial charge in [-0.15, -0.1) is 0 Å². The van der Waals surface area contributed by atoms with E-state index in [0.717, 1.165) is 0 Å². The van der Waals surface area contributed by atoms with Gasteiger partial charge in [0.15, 0.2) is 0 Å². The molecule has 2 N–H and O–H groups in total. The van der Waals surface area contributed by atoms with Gasteiger partial charge in [-0.1, -0.05) is 6.07 Å². The molecule has 0 fully saturated rings. The molecule has 0 spiro atoms. The molecule has 0 aliphatic heterocycles. The number of carboxylic acid groups (broad SMARTS) is 1. The Hall–Kier alpha value is -2.74. The Kier molecular flexibility index (Phi) is 4.75. The molecule has 7 nitrogen and oxygen atoms in total. The maximum atomic E-state index is 12.5. The Morgan fingerprint density at radius 2 is 1.83 bits per heavy atom. The van der Waals surface area contributed by atoms with Crippen molar-refractivity contribution in [1.29, 1.82) is 0 Å². The summed E-state index contributed by atoms with van der Waals surface area (Å²) in [6.45, 7) is 0. The van der Waals surface area contributed by atoms with E-state index in [4.69, 9.17) is 14.6 Å². The zero-order valence-electron chi connectivity index (χ0n) is 12.4. The van der Waals surface area contributed by atoms with Crippen LogP contribution in [0.25, 0.3) is 0 Å². The van der Waals surface area contributed by atoms with Crippen molar-refractivity contribution in [2.75, 3.05) is 18.9 Å². The first kappa shape index (κ1) is 16.6. The van der Waals surface area contributed by atoms with E-state index in [2.05, 4.69) is 4.72 Å². The van der Waals surface area contributed by atoms with Crippen LogP contribution in [-0.2, 0) is 10.0 Å². The van der Waals surface area contributed by atoms with Gasteiger partial charge in [0, 0.05) is 11.8 Å². The largest absolute Gasteiger partial charge is 0.497 e. The van der Waals surface area contributed by atoms with E-state index in [1.165, 1.54) is 56.7 Å². The third-order valence-corrected chi connectivity index (χ3v) is 4.44. The van der Waals surface area contributed by atoms with Crippen molar-refractivity contribution >= 4 is 21.7 Å². The Balaban J connectivity index is 2.39. The molecule has 0 aromatic heterocycles. The molecule has 0 atom stereocenters. The van der Waals surface area contributed by atoms with Crippen molar-refractivity contribution in [3.63, 3.8) is 0 Å². The molecule has 2 aromatic carbocycles. The zero-order valence-corrected chi connectivity index (χ0v) is 13.3. The highest BCUT2D eigenvalue weighted by molar-refractivity contribution is 7.92. The molecule has 2 aromatic rings. The summed E-state index contributed by atoms with van der Waals surface area (Å²) < 4.78 is 37.4. The Morgan fingerprint density at radius 1 is 1.09 bits per heavy atom. The molecule has 122 valence electrons. The van der Waals surface area contributed by atoms with Crippen molar-refractivity contribution in [2.24, 2.45) is 0 Å². The summed E-state index contributed by atoms with van der Waals surface area (Å²) in [4.78, 5) is 10.9. The molecule has 0 aliphatic rings. The lowest BCUT2D eigenvalue weighted by Gasteiger charge is -2.13. The van der Waals surface area contributed by atoms with Crippen LogP contribution < -0.4 is 14.2 Å². The highest BCUT2D eigenvalue weighted by Gasteiger charge is 2.20. The topological polar surface area (TPSA) is 102 Å². The second-order valence-corrected chi connectivity index (χ2v) is 6.16. The van der Waals surface area contributed by atoms with Crippen LogP contribution in [0.4, 0.5) is 5.69 Å². The predicted molar refractivity (Wildman–Crippen MR) is 83.8 cm³/mol. The second-order valence-electron chi connectivity index (χ2n) is 4.51. The van der Waals surface area contributed by atoms with Crippen LogP contribution in [0, 0.1) is 0 Å². The minimum atomic E-state index is -3.95. The molecule has 0 saturated carbocycles. The fourth-order valence-corrected chi connectivity index (χ4v) is 3.12. The lowest BCUT2D eigenvalue weighted by Crippen LogP contribution is -2.14. The maximum Gasteiger partial charge on any atom is 0.335 e. The third-order valence-electron chi connectivity index (χ3n) is 3.02. The Labute approximate surface area is 133 Å². The van der Waals surface area contributed by atoms with Crippen LogP contribution in [0.1, 0.15) is 10.4 Å². The zero-order chi connectivity index (χ0) is 17.0. The van der Waals surface area contributed by atoms with Gasteiger partial charge in [0.05, 0.1) is 19.8 Å². The van der Waals surface area contributed by atoms with Gasteiger partial charge in [-0.25, -0.2) is 13.2 Å². The van der Waals surface area contributed by atoms with Crippen molar-refractivity contribution < 1.29 is 27.8 Å². The number of carbonyl (C=O) groups is 1. The molecule has 0 aliphatic carbocycles. The van der Waals surface area contributed by atoms with Gasteiger partial charge in [-0.2, -0.15) is 0 Å². The smallest absolute Gasteiger partial charge is 0.335 e. The van der Waals surface area contributed by atoms with Crippen molar-refractivity contribution in [3.8, 4) is 11.5 Å². The van der Waals surface area contributed by atoms with Crippen molar-refractivity contribution in [1.82, 2.24) is 0 Å². The summed E-state index contributed by atoms with van der Waals surface area (Å²) in [5.41, 5.74) is 0.120. The summed E-state index contributed by atoms with van der Waals surface area (Å²) in [7, 11) is -1.14. The second kappa shape index (κ2) is 6.57. The lowest BCUT2D eigenvalue weighted by atomic mass is 10.2. The van der Waals surface area contributed by atoms with Crippen LogP contribution in [0.2, 0.25) is 0 Å². The minimum absolute atomic E-state index is 0.0214. The number of ether oxygens (including phenoxy) is 2. The molecule has 0 heterocycles. The Bertz CT molecular complexity index is 832. The molecular weight excluding hydrogens is 322 g/mol. The minimum Gasteiger partial charge on any atom is -0.497 e. The molecule has 23 heavy (non-hydrogen) atoms. The summed E-state index contributed by atoms with van der Waals surface area (Å²) in [5.74, 6) is -0.576. The molecule has 0 bridgehead atoms. The number of hydrogen-bond donors (Lipinski definition) is 2. The number of rotatable bonds is 6. The Morgan fingerprint density at radius 3 is 2.43 bits per heavy atom. The van der Waals surface area contributed by atoms with Gasteiger partial charge in [-0.3, -0.25) is 4.72 Å².